The normalized spacial score (nSPS) is 11.5. The zero-order valence-corrected chi connectivity index (χ0v) is 10.1. The van der Waals surface area contributed by atoms with E-state index in [0.29, 0.717) is 17.2 Å². The van der Waals surface area contributed by atoms with Gasteiger partial charge >= 0.3 is 0 Å². The fraction of sp³-hybridized carbons (Fsp3) is 0.333. The predicted molar refractivity (Wildman–Crippen MR) is 65.0 cm³/mol. The van der Waals surface area contributed by atoms with Gasteiger partial charge in [-0.25, -0.2) is 5.43 Å². The van der Waals surface area contributed by atoms with Crippen molar-refractivity contribution in [1.29, 1.82) is 0 Å². The Hall–Kier alpha value is -1.90. The molecule has 0 aromatic heterocycles. The van der Waals surface area contributed by atoms with Crippen molar-refractivity contribution < 1.29 is 14.2 Å². The second-order valence-corrected chi connectivity index (χ2v) is 3.23. The summed E-state index contributed by atoms with van der Waals surface area (Å²) in [5.41, 5.74) is 3.29. The summed E-state index contributed by atoms with van der Waals surface area (Å²) in [6.07, 6.45) is 5.36. The highest BCUT2D eigenvalue weighted by Crippen LogP contribution is 2.39. The summed E-state index contributed by atoms with van der Waals surface area (Å²) in [7, 11) is 4.63. The number of hydrogen-bond donors (Lipinski definition) is 2. The number of methoxy groups -OCH3 is 3. The van der Waals surface area contributed by atoms with Gasteiger partial charge in [-0.15, -0.1) is 6.42 Å². The second-order valence-electron chi connectivity index (χ2n) is 3.23. The third kappa shape index (κ3) is 2.61. The van der Waals surface area contributed by atoms with E-state index in [1.54, 1.807) is 33.5 Å². The minimum absolute atomic E-state index is 0.413. The van der Waals surface area contributed by atoms with Gasteiger partial charge in [0.05, 0.1) is 21.3 Å². The van der Waals surface area contributed by atoms with E-state index in [0.717, 1.165) is 5.56 Å². The lowest BCUT2D eigenvalue weighted by molar-refractivity contribution is 0.323. The first-order valence-corrected chi connectivity index (χ1v) is 4.94. The highest BCUT2D eigenvalue weighted by molar-refractivity contribution is 5.55. The predicted octanol–water partition coefficient (Wildman–Crippen LogP) is 0.850. The summed E-state index contributed by atoms with van der Waals surface area (Å²) in [4.78, 5) is 0. The first kappa shape index (κ1) is 13.2. The fourth-order valence-corrected chi connectivity index (χ4v) is 1.51. The van der Waals surface area contributed by atoms with E-state index >= 15 is 0 Å². The van der Waals surface area contributed by atoms with E-state index in [2.05, 4.69) is 11.3 Å². The molecule has 1 rings (SSSR count). The molecule has 0 aliphatic heterocycles. The van der Waals surface area contributed by atoms with Crippen molar-refractivity contribution in [3.63, 3.8) is 0 Å². The molecular weight excluding hydrogens is 220 g/mol. The summed E-state index contributed by atoms with van der Waals surface area (Å²) in [6.45, 7) is 0. The van der Waals surface area contributed by atoms with Crippen LogP contribution in [0.25, 0.3) is 0 Å². The lowest BCUT2D eigenvalue weighted by Crippen LogP contribution is -2.26. The van der Waals surface area contributed by atoms with Gasteiger partial charge in [-0.3, -0.25) is 5.84 Å². The average Bonchev–Trinajstić information content (AvgIpc) is 2.38. The zero-order valence-electron chi connectivity index (χ0n) is 10.1. The Morgan fingerprint density at radius 2 is 1.71 bits per heavy atom. The van der Waals surface area contributed by atoms with E-state index in [9.17, 15) is 0 Å². The van der Waals surface area contributed by atoms with Crippen LogP contribution >= 0.6 is 0 Å². The van der Waals surface area contributed by atoms with Crippen LogP contribution in [0.15, 0.2) is 12.1 Å². The standard InChI is InChI=1S/C12H16N2O3/c1-5-9(14-13)8-6-10(15-2)12(17-4)11(7-8)16-3/h1,6-7,9,14H,13H2,2-4H3. The first-order valence-electron chi connectivity index (χ1n) is 4.94. The number of hydrogen-bond acceptors (Lipinski definition) is 5. The summed E-state index contributed by atoms with van der Waals surface area (Å²) >= 11 is 0. The Morgan fingerprint density at radius 3 is 2.00 bits per heavy atom. The second kappa shape index (κ2) is 5.99. The van der Waals surface area contributed by atoms with Crippen LogP contribution in [-0.2, 0) is 0 Å². The summed E-state index contributed by atoms with van der Waals surface area (Å²) < 4.78 is 15.6. The smallest absolute Gasteiger partial charge is 0.203 e. The first-order chi connectivity index (χ1) is 8.21. The zero-order chi connectivity index (χ0) is 12.8. The quantitative estimate of drug-likeness (QED) is 0.451. The molecule has 1 atom stereocenters. The van der Waals surface area contributed by atoms with Crippen LogP contribution in [0.5, 0.6) is 17.2 Å². The van der Waals surface area contributed by atoms with E-state index in [4.69, 9.17) is 26.5 Å². The van der Waals surface area contributed by atoms with Crippen LogP contribution in [0.2, 0.25) is 0 Å². The number of nitrogens with two attached hydrogens (primary N) is 1. The molecule has 5 heteroatoms. The Bertz CT molecular complexity index is 401. The minimum atomic E-state index is -0.413. The Morgan fingerprint density at radius 1 is 1.18 bits per heavy atom. The molecule has 0 fully saturated rings. The molecule has 0 heterocycles. The average molecular weight is 236 g/mol. The van der Waals surface area contributed by atoms with Crippen molar-refractivity contribution >= 4 is 0 Å². The fourth-order valence-electron chi connectivity index (χ4n) is 1.51. The maximum absolute atomic E-state index is 5.36. The summed E-state index contributed by atoms with van der Waals surface area (Å²) in [5.74, 6) is 9.48. The molecule has 1 unspecified atom stereocenters. The largest absolute Gasteiger partial charge is 0.493 e. The molecule has 0 saturated heterocycles. The maximum atomic E-state index is 5.36. The topological polar surface area (TPSA) is 65.7 Å². The van der Waals surface area contributed by atoms with Gasteiger partial charge in [-0.2, -0.15) is 0 Å². The molecule has 0 aliphatic rings. The third-order valence-electron chi connectivity index (χ3n) is 2.35. The number of benzene rings is 1. The van der Waals surface area contributed by atoms with E-state index < -0.39 is 6.04 Å². The van der Waals surface area contributed by atoms with E-state index in [1.807, 2.05) is 0 Å². The molecule has 0 spiro atoms. The van der Waals surface area contributed by atoms with Gasteiger partial charge < -0.3 is 14.2 Å². The molecule has 1 aromatic rings. The molecular formula is C12H16N2O3. The Balaban J connectivity index is 3.32. The number of rotatable bonds is 5. The van der Waals surface area contributed by atoms with Crippen molar-refractivity contribution in [2.24, 2.45) is 5.84 Å². The van der Waals surface area contributed by atoms with Gasteiger partial charge in [-0.05, 0) is 17.7 Å². The van der Waals surface area contributed by atoms with Crippen LogP contribution in [0, 0.1) is 12.3 Å². The van der Waals surface area contributed by atoms with Crippen molar-refractivity contribution in [3.05, 3.63) is 17.7 Å². The van der Waals surface area contributed by atoms with Gasteiger partial charge in [0.2, 0.25) is 5.75 Å². The molecule has 0 aliphatic carbocycles. The molecule has 17 heavy (non-hydrogen) atoms. The monoisotopic (exact) mass is 236 g/mol. The number of nitrogens with one attached hydrogen (secondary N) is 1. The molecule has 3 N–H and O–H groups in total. The lowest BCUT2D eigenvalue weighted by atomic mass is 10.1. The van der Waals surface area contributed by atoms with Crippen molar-refractivity contribution in [1.82, 2.24) is 5.43 Å². The van der Waals surface area contributed by atoms with Crippen LogP contribution in [0.1, 0.15) is 11.6 Å². The van der Waals surface area contributed by atoms with Crippen LogP contribution in [0.3, 0.4) is 0 Å². The SMILES string of the molecule is C#CC(NN)c1cc(OC)c(OC)c(OC)c1. The molecule has 1 aromatic carbocycles. The molecule has 0 bridgehead atoms. The highest BCUT2D eigenvalue weighted by Gasteiger charge is 2.16. The van der Waals surface area contributed by atoms with Crippen molar-refractivity contribution in [2.45, 2.75) is 6.04 Å². The number of terminal acetylenes is 1. The van der Waals surface area contributed by atoms with Gasteiger partial charge in [0, 0.05) is 0 Å². The molecule has 0 saturated carbocycles. The summed E-state index contributed by atoms with van der Waals surface area (Å²) in [5, 5.41) is 0. The van der Waals surface area contributed by atoms with Crippen LogP contribution in [-0.4, -0.2) is 21.3 Å². The Labute approximate surface area is 101 Å². The molecule has 0 radical (unpaired) electrons. The summed E-state index contributed by atoms with van der Waals surface area (Å²) in [6, 6.07) is 3.10. The Kier molecular flexibility index (Phi) is 4.64. The van der Waals surface area contributed by atoms with E-state index in [-0.39, 0.29) is 0 Å². The van der Waals surface area contributed by atoms with Gasteiger partial charge in [0.25, 0.3) is 0 Å². The highest BCUT2D eigenvalue weighted by atomic mass is 16.5. The number of ether oxygens (including phenoxy) is 3. The molecule has 92 valence electrons. The lowest BCUT2D eigenvalue weighted by Gasteiger charge is -2.16. The molecule has 5 nitrogen and oxygen atoms in total. The van der Waals surface area contributed by atoms with Gasteiger partial charge in [-0.1, -0.05) is 5.92 Å². The van der Waals surface area contributed by atoms with Crippen molar-refractivity contribution in [3.8, 4) is 29.6 Å². The van der Waals surface area contributed by atoms with E-state index in [1.165, 1.54) is 0 Å². The van der Waals surface area contributed by atoms with Gasteiger partial charge in [0.15, 0.2) is 11.5 Å². The third-order valence-corrected chi connectivity index (χ3v) is 2.35. The van der Waals surface area contributed by atoms with Crippen LogP contribution in [0.4, 0.5) is 0 Å². The number of hydrazine groups is 1. The van der Waals surface area contributed by atoms with Crippen LogP contribution < -0.4 is 25.5 Å². The molecule has 0 amide bonds. The van der Waals surface area contributed by atoms with Gasteiger partial charge in [0.1, 0.15) is 6.04 Å². The minimum Gasteiger partial charge on any atom is -0.493 e. The maximum Gasteiger partial charge on any atom is 0.203 e. The van der Waals surface area contributed by atoms with Crippen molar-refractivity contribution in [2.75, 3.05) is 21.3 Å².